The van der Waals surface area contributed by atoms with Gasteiger partial charge in [0.25, 0.3) is 0 Å². The zero-order valence-corrected chi connectivity index (χ0v) is 15.1. The quantitative estimate of drug-likeness (QED) is 0.831. The number of carbonyl (C=O) groups excluding carboxylic acids is 2. The molecule has 0 aliphatic carbocycles. The third-order valence-corrected chi connectivity index (χ3v) is 4.12. The average molecular weight is 360 g/mol. The Balaban J connectivity index is 2.23. The molecule has 0 aromatic heterocycles. The lowest BCUT2D eigenvalue weighted by Crippen LogP contribution is -2.45. The summed E-state index contributed by atoms with van der Waals surface area (Å²) in [6.45, 7) is 2.72. The van der Waals surface area contributed by atoms with Crippen molar-refractivity contribution in [2.24, 2.45) is 0 Å². The third-order valence-electron chi connectivity index (χ3n) is 3.76. The maximum Gasteiger partial charge on any atom is 0.321 e. The van der Waals surface area contributed by atoms with Crippen LogP contribution < -0.4 is 10.6 Å². The second-order valence-electron chi connectivity index (χ2n) is 5.67. The molecule has 2 rings (SSSR count). The van der Waals surface area contributed by atoms with Gasteiger partial charge in [-0.3, -0.25) is 15.0 Å². The van der Waals surface area contributed by atoms with Gasteiger partial charge in [0.15, 0.2) is 0 Å². The minimum atomic E-state index is -0.611. The predicted molar refractivity (Wildman–Crippen MR) is 99.3 cm³/mol. The van der Waals surface area contributed by atoms with Crippen LogP contribution in [-0.2, 0) is 11.3 Å². The summed E-state index contributed by atoms with van der Waals surface area (Å²) in [6.07, 6.45) is 0. The number of hydrogen-bond donors (Lipinski definition) is 2. The molecule has 1 atom stereocenters. The zero-order valence-electron chi connectivity index (χ0n) is 14.3. The number of imide groups is 1. The second kappa shape index (κ2) is 9.20. The van der Waals surface area contributed by atoms with Gasteiger partial charge in [0.1, 0.15) is 6.04 Å². The SMILES string of the molecule is CCNC(=O)NC(=O)C(c1ccccc1)N(C)Cc1ccccc1Cl. The van der Waals surface area contributed by atoms with Gasteiger partial charge in [-0.15, -0.1) is 0 Å². The Kier molecular flexibility index (Phi) is 6.98. The van der Waals surface area contributed by atoms with E-state index in [1.54, 1.807) is 6.92 Å². The predicted octanol–water partition coefficient (Wildman–Crippen LogP) is 3.36. The van der Waals surface area contributed by atoms with Crippen LogP contribution in [0.5, 0.6) is 0 Å². The van der Waals surface area contributed by atoms with Gasteiger partial charge in [0, 0.05) is 18.1 Å². The van der Waals surface area contributed by atoms with Crippen LogP contribution in [0.25, 0.3) is 0 Å². The maximum atomic E-state index is 12.7. The highest BCUT2D eigenvalue weighted by molar-refractivity contribution is 6.31. The van der Waals surface area contributed by atoms with E-state index in [1.807, 2.05) is 66.5 Å². The van der Waals surface area contributed by atoms with Gasteiger partial charge >= 0.3 is 6.03 Å². The largest absolute Gasteiger partial charge is 0.338 e. The number of likely N-dealkylation sites (N-methyl/N-ethyl adjacent to an activating group) is 1. The Morgan fingerprint density at radius 1 is 1.08 bits per heavy atom. The number of benzene rings is 2. The Labute approximate surface area is 153 Å². The first kappa shape index (κ1) is 19.0. The summed E-state index contributed by atoms with van der Waals surface area (Å²) in [4.78, 5) is 26.3. The topological polar surface area (TPSA) is 61.4 Å². The van der Waals surface area contributed by atoms with Crippen molar-refractivity contribution in [3.8, 4) is 0 Å². The molecule has 0 radical (unpaired) electrons. The van der Waals surface area contributed by atoms with Gasteiger partial charge < -0.3 is 5.32 Å². The lowest BCUT2D eigenvalue weighted by molar-refractivity contribution is -0.125. The smallest absolute Gasteiger partial charge is 0.321 e. The van der Waals surface area contributed by atoms with E-state index >= 15 is 0 Å². The molecule has 2 N–H and O–H groups in total. The van der Waals surface area contributed by atoms with Crippen molar-refractivity contribution >= 4 is 23.5 Å². The summed E-state index contributed by atoms with van der Waals surface area (Å²) in [5.74, 6) is -0.383. The van der Waals surface area contributed by atoms with Crippen molar-refractivity contribution in [1.29, 1.82) is 0 Å². The Bertz CT molecular complexity index is 722. The first-order chi connectivity index (χ1) is 12.0. The standard InChI is InChI=1S/C19H22ClN3O2/c1-3-21-19(25)22-18(24)17(14-9-5-4-6-10-14)23(2)13-15-11-7-8-12-16(15)20/h4-12,17H,3,13H2,1-2H3,(H2,21,22,24,25). The molecule has 0 saturated heterocycles. The number of hydrogen-bond acceptors (Lipinski definition) is 3. The highest BCUT2D eigenvalue weighted by Gasteiger charge is 2.26. The summed E-state index contributed by atoms with van der Waals surface area (Å²) in [7, 11) is 1.83. The summed E-state index contributed by atoms with van der Waals surface area (Å²) in [6, 6.07) is 15.7. The lowest BCUT2D eigenvalue weighted by atomic mass is 10.0. The van der Waals surface area contributed by atoms with Crippen LogP contribution in [0.15, 0.2) is 54.6 Å². The van der Waals surface area contributed by atoms with E-state index in [4.69, 9.17) is 11.6 Å². The zero-order chi connectivity index (χ0) is 18.2. The Morgan fingerprint density at radius 2 is 1.72 bits per heavy atom. The van der Waals surface area contributed by atoms with E-state index in [9.17, 15) is 9.59 Å². The van der Waals surface area contributed by atoms with E-state index in [0.717, 1.165) is 11.1 Å². The second-order valence-corrected chi connectivity index (χ2v) is 6.08. The molecule has 2 aromatic rings. The molecule has 5 nitrogen and oxygen atoms in total. The molecule has 25 heavy (non-hydrogen) atoms. The molecule has 1 unspecified atom stereocenters. The summed E-state index contributed by atoms with van der Waals surface area (Å²) in [5, 5.41) is 5.61. The highest BCUT2D eigenvalue weighted by atomic mass is 35.5. The van der Waals surface area contributed by atoms with Crippen molar-refractivity contribution in [1.82, 2.24) is 15.5 Å². The van der Waals surface area contributed by atoms with Gasteiger partial charge in [-0.25, -0.2) is 4.79 Å². The normalized spacial score (nSPS) is 11.8. The molecule has 0 bridgehead atoms. The number of nitrogens with zero attached hydrogens (tertiary/aromatic N) is 1. The molecule has 0 spiro atoms. The minimum absolute atomic E-state index is 0.383. The van der Waals surface area contributed by atoms with Gasteiger partial charge in [-0.05, 0) is 31.2 Å². The molecule has 6 heteroatoms. The number of amides is 3. The van der Waals surface area contributed by atoms with Gasteiger partial charge in [0.05, 0.1) is 0 Å². The fraction of sp³-hybridized carbons (Fsp3) is 0.263. The average Bonchev–Trinajstić information content (AvgIpc) is 2.58. The Hall–Kier alpha value is -2.37. The first-order valence-electron chi connectivity index (χ1n) is 8.10. The van der Waals surface area contributed by atoms with Crippen LogP contribution in [0.1, 0.15) is 24.1 Å². The fourth-order valence-corrected chi connectivity index (χ4v) is 2.81. The van der Waals surface area contributed by atoms with Crippen LogP contribution in [-0.4, -0.2) is 30.4 Å². The van der Waals surface area contributed by atoms with Crippen molar-refractivity contribution in [3.05, 3.63) is 70.7 Å². The third kappa shape index (κ3) is 5.31. The van der Waals surface area contributed by atoms with E-state index < -0.39 is 12.1 Å². The summed E-state index contributed by atoms with van der Waals surface area (Å²) >= 11 is 6.23. The number of halogens is 1. The number of urea groups is 1. The van der Waals surface area contributed by atoms with E-state index in [2.05, 4.69) is 10.6 Å². The monoisotopic (exact) mass is 359 g/mol. The van der Waals surface area contributed by atoms with E-state index in [-0.39, 0.29) is 5.91 Å². The molecule has 0 fully saturated rings. The molecular formula is C19H22ClN3O2. The molecule has 2 aromatic carbocycles. The van der Waals surface area contributed by atoms with Crippen molar-refractivity contribution in [3.63, 3.8) is 0 Å². The summed E-state index contributed by atoms with van der Waals surface area (Å²) in [5.41, 5.74) is 1.72. The van der Waals surface area contributed by atoms with Gasteiger partial charge in [-0.1, -0.05) is 60.1 Å². The first-order valence-corrected chi connectivity index (χ1v) is 8.48. The van der Waals surface area contributed by atoms with Crippen LogP contribution in [0.2, 0.25) is 5.02 Å². The van der Waals surface area contributed by atoms with E-state index in [0.29, 0.717) is 18.1 Å². The number of rotatable bonds is 6. The van der Waals surface area contributed by atoms with Crippen LogP contribution in [0.4, 0.5) is 4.79 Å². The summed E-state index contributed by atoms with van der Waals surface area (Å²) < 4.78 is 0. The molecule has 3 amide bonds. The fourth-order valence-electron chi connectivity index (χ4n) is 2.61. The lowest BCUT2D eigenvalue weighted by Gasteiger charge is -2.27. The maximum absolute atomic E-state index is 12.7. The van der Waals surface area contributed by atoms with Crippen molar-refractivity contribution in [2.45, 2.75) is 19.5 Å². The molecule has 0 aliphatic rings. The Morgan fingerprint density at radius 3 is 2.36 bits per heavy atom. The van der Waals surface area contributed by atoms with E-state index in [1.165, 1.54) is 0 Å². The van der Waals surface area contributed by atoms with Crippen LogP contribution >= 0.6 is 11.6 Å². The minimum Gasteiger partial charge on any atom is -0.338 e. The van der Waals surface area contributed by atoms with Crippen molar-refractivity contribution < 1.29 is 9.59 Å². The molecule has 0 saturated carbocycles. The van der Waals surface area contributed by atoms with Crippen molar-refractivity contribution in [2.75, 3.05) is 13.6 Å². The molecule has 132 valence electrons. The van der Waals surface area contributed by atoms with Gasteiger partial charge in [0.2, 0.25) is 5.91 Å². The van der Waals surface area contributed by atoms with Crippen LogP contribution in [0.3, 0.4) is 0 Å². The van der Waals surface area contributed by atoms with Gasteiger partial charge in [-0.2, -0.15) is 0 Å². The van der Waals surface area contributed by atoms with Crippen LogP contribution in [0, 0.1) is 0 Å². The highest BCUT2D eigenvalue weighted by Crippen LogP contribution is 2.24. The number of nitrogens with one attached hydrogen (secondary N) is 2. The molecule has 0 aliphatic heterocycles. The molecular weight excluding hydrogens is 338 g/mol. The molecule has 0 heterocycles. The number of carbonyl (C=O) groups is 2.